The Bertz CT molecular complexity index is 481. The van der Waals surface area contributed by atoms with E-state index in [1.807, 2.05) is 19.1 Å². The summed E-state index contributed by atoms with van der Waals surface area (Å²) in [6.07, 6.45) is 1.65. The fourth-order valence-electron chi connectivity index (χ4n) is 0.864. The van der Waals surface area contributed by atoms with E-state index in [1.54, 1.807) is 18.0 Å². The Balaban J connectivity index is 0.000000555. The van der Waals surface area contributed by atoms with Crippen LogP contribution < -0.4 is 11.5 Å². The summed E-state index contributed by atoms with van der Waals surface area (Å²) >= 11 is 1.61. The van der Waals surface area contributed by atoms with E-state index in [1.165, 1.54) is 0 Å². The number of nitrogens with zero attached hydrogens (tertiary/aromatic N) is 3. The Hall–Kier alpha value is -1.43. The van der Waals surface area contributed by atoms with Crippen molar-refractivity contribution in [1.29, 1.82) is 0 Å². The quantitative estimate of drug-likeness (QED) is 0.331. The average Bonchev–Trinajstić information content (AvgIpc) is 2.24. The molecule has 6 N–H and O–H groups in total. The molecule has 19 heavy (non-hydrogen) atoms. The lowest BCUT2D eigenvalue weighted by Gasteiger charge is -2.05. The number of aliphatic imine (C=N–C) groups is 1. The van der Waals surface area contributed by atoms with Crippen molar-refractivity contribution in [2.75, 3.05) is 0 Å². The molecule has 1 heterocycles. The normalized spacial score (nSPS) is 11.9. The molecule has 1 aromatic rings. The van der Waals surface area contributed by atoms with Crippen molar-refractivity contribution in [2.24, 2.45) is 16.5 Å². The molecule has 1 atom stereocenters. The van der Waals surface area contributed by atoms with E-state index in [0.717, 1.165) is 11.4 Å². The number of rotatable bonds is 4. The zero-order valence-corrected chi connectivity index (χ0v) is 11.7. The molecule has 1 rings (SSSR count). The van der Waals surface area contributed by atoms with Crippen LogP contribution in [0.25, 0.3) is 0 Å². The van der Waals surface area contributed by atoms with Crippen LogP contribution in [0.3, 0.4) is 0 Å². The van der Waals surface area contributed by atoms with Crippen LogP contribution in [-0.2, 0) is 16.2 Å². The van der Waals surface area contributed by atoms with Gasteiger partial charge < -0.3 is 11.5 Å². The summed E-state index contributed by atoms with van der Waals surface area (Å²) in [5.74, 6) is 0.871. The fraction of sp³-hybridized carbons (Fsp3) is 0.375. The largest absolute Gasteiger partial charge is 0.394 e. The third-order valence-electron chi connectivity index (χ3n) is 1.43. The summed E-state index contributed by atoms with van der Waals surface area (Å²) in [4.78, 5) is 3.98. The number of nitrogens with two attached hydrogens (primary N) is 2. The topological polar surface area (TPSA) is 165 Å². The van der Waals surface area contributed by atoms with Gasteiger partial charge in [0, 0.05) is 11.9 Å². The van der Waals surface area contributed by atoms with Crippen LogP contribution in [0.2, 0.25) is 0 Å². The molecule has 0 spiro atoms. The van der Waals surface area contributed by atoms with Gasteiger partial charge in [-0.3, -0.25) is 9.11 Å². The van der Waals surface area contributed by atoms with E-state index in [2.05, 4.69) is 15.2 Å². The molecule has 0 aliphatic rings. The van der Waals surface area contributed by atoms with Crippen molar-refractivity contribution in [3.05, 3.63) is 24.0 Å². The van der Waals surface area contributed by atoms with Crippen LogP contribution in [0, 0.1) is 0 Å². The molecule has 1 aromatic heterocycles. The van der Waals surface area contributed by atoms with Crippen LogP contribution in [0.1, 0.15) is 12.6 Å². The van der Waals surface area contributed by atoms with E-state index >= 15 is 0 Å². The van der Waals surface area contributed by atoms with Crippen LogP contribution in [0.4, 0.5) is 0 Å². The predicted molar refractivity (Wildman–Crippen MR) is 72.8 cm³/mol. The summed E-state index contributed by atoms with van der Waals surface area (Å²) in [5.41, 5.74) is 11.4. The van der Waals surface area contributed by atoms with Crippen molar-refractivity contribution >= 4 is 28.1 Å². The third kappa shape index (κ3) is 14.5. The molecule has 0 bridgehead atoms. The van der Waals surface area contributed by atoms with Crippen molar-refractivity contribution in [1.82, 2.24) is 10.2 Å². The van der Waals surface area contributed by atoms with Gasteiger partial charge in [0.15, 0.2) is 5.96 Å². The lowest BCUT2D eigenvalue weighted by atomic mass is 10.4. The molecule has 9 nitrogen and oxygen atoms in total. The number of hydrogen-bond acceptors (Lipinski definition) is 6. The van der Waals surface area contributed by atoms with Crippen LogP contribution in [-0.4, -0.2) is 39.1 Å². The van der Waals surface area contributed by atoms with Gasteiger partial charge in [0.2, 0.25) is 0 Å². The van der Waals surface area contributed by atoms with Gasteiger partial charge in [0.1, 0.15) is 0 Å². The second kappa shape index (κ2) is 8.63. The first-order valence-electron chi connectivity index (χ1n) is 4.85. The summed E-state index contributed by atoms with van der Waals surface area (Å²) in [7, 11) is -4.67. The van der Waals surface area contributed by atoms with Gasteiger partial charge in [-0.2, -0.15) is 18.6 Å². The maximum atomic E-state index is 8.74. The number of aromatic nitrogens is 2. The van der Waals surface area contributed by atoms with Crippen molar-refractivity contribution in [3.8, 4) is 0 Å². The zero-order chi connectivity index (χ0) is 14.9. The molecular formula is C8H15N5O4S2. The van der Waals surface area contributed by atoms with Crippen LogP contribution >= 0.6 is 11.8 Å². The molecule has 0 saturated carbocycles. The highest BCUT2D eigenvalue weighted by Crippen LogP contribution is 2.16. The minimum absolute atomic E-state index is 0.0435. The molecule has 0 aromatic carbocycles. The number of guanidine groups is 1. The van der Waals surface area contributed by atoms with E-state index in [9.17, 15) is 0 Å². The maximum absolute atomic E-state index is 8.74. The Morgan fingerprint density at radius 3 is 2.53 bits per heavy atom. The molecule has 0 fully saturated rings. The molecule has 0 saturated heterocycles. The SMILES string of the molecule is CC(N=C(N)N)SCc1cccnn1.O=S(=O)(O)O. The van der Waals surface area contributed by atoms with Crippen molar-refractivity contribution < 1.29 is 17.5 Å². The smallest absolute Gasteiger partial charge is 0.370 e. The molecule has 0 amide bonds. The standard InChI is InChI=1S/C8H13N5S.H2O4S/c1-6(12-8(9)10)14-5-7-3-2-4-11-13-7;1-5(2,3)4/h2-4,6H,5H2,1H3,(H4,9,10,12);(H2,1,2,3,4). The Kier molecular flexibility index (Phi) is 7.98. The van der Waals surface area contributed by atoms with Crippen LogP contribution in [0.5, 0.6) is 0 Å². The molecule has 11 heteroatoms. The molecule has 0 aliphatic heterocycles. The Morgan fingerprint density at radius 1 is 1.53 bits per heavy atom. The third-order valence-corrected chi connectivity index (χ3v) is 2.48. The predicted octanol–water partition coefficient (Wildman–Crippen LogP) is -0.324. The van der Waals surface area contributed by atoms with E-state index < -0.39 is 10.4 Å². The van der Waals surface area contributed by atoms with Gasteiger partial charge in [-0.1, -0.05) is 0 Å². The molecule has 0 radical (unpaired) electrons. The molecule has 0 aliphatic carbocycles. The summed E-state index contributed by atoms with van der Waals surface area (Å²) < 4.78 is 31.6. The zero-order valence-electron chi connectivity index (χ0n) is 10.0. The average molecular weight is 309 g/mol. The Morgan fingerprint density at radius 2 is 2.11 bits per heavy atom. The second-order valence-corrected chi connectivity index (χ2v) is 5.33. The van der Waals surface area contributed by atoms with Gasteiger partial charge in [0.05, 0.1) is 11.1 Å². The molecular weight excluding hydrogens is 294 g/mol. The monoisotopic (exact) mass is 309 g/mol. The highest BCUT2D eigenvalue weighted by Gasteiger charge is 2.01. The first-order valence-corrected chi connectivity index (χ1v) is 7.30. The van der Waals surface area contributed by atoms with E-state index in [4.69, 9.17) is 29.0 Å². The highest BCUT2D eigenvalue weighted by molar-refractivity contribution is 7.99. The molecule has 1 unspecified atom stereocenters. The van der Waals surface area contributed by atoms with E-state index in [-0.39, 0.29) is 11.3 Å². The second-order valence-electron chi connectivity index (χ2n) is 3.13. The Labute approximate surface area is 115 Å². The highest BCUT2D eigenvalue weighted by atomic mass is 32.3. The summed E-state index contributed by atoms with van der Waals surface area (Å²) in [6.45, 7) is 1.93. The number of thioether (sulfide) groups is 1. The van der Waals surface area contributed by atoms with Crippen LogP contribution in [0.15, 0.2) is 23.3 Å². The van der Waals surface area contributed by atoms with Gasteiger partial charge >= 0.3 is 10.4 Å². The van der Waals surface area contributed by atoms with Crippen molar-refractivity contribution in [2.45, 2.75) is 18.1 Å². The first-order chi connectivity index (χ1) is 8.68. The van der Waals surface area contributed by atoms with E-state index in [0.29, 0.717) is 0 Å². The van der Waals surface area contributed by atoms with Crippen molar-refractivity contribution in [3.63, 3.8) is 0 Å². The van der Waals surface area contributed by atoms with Gasteiger partial charge in [-0.25, -0.2) is 4.99 Å². The van der Waals surface area contributed by atoms with Gasteiger partial charge in [-0.05, 0) is 19.1 Å². The number of hydrogen-bond donors (Lipinski definition) is 4. The minimum Gasteiger partial charge on any atom is -0.370 e. The minimum atomic E-state index is -4.67. The molecule has 108 valence electrons. The lowest BCUT2D eigenvalue weighted by Crippen LogP contribution is -2.24. The van der Waals surface area contributed by atoms with Gasteiger partial charge in [0.25, 0.3) is 0 Å². The lowest BCUT2D eigenvalue weighted by molar-refractivity contribution is 0.381. The summed E-state index contributed by atoms with van der Waals surface area (Å²) in [6, 6.07) is 3.77. The fourth-order valence-corrected chi connectivity index (χ4v) is 1.63. The summed E-state index contributed by atoms with van der Waals surface area (Å²) in [5, 5.41) is 7.77. The first kappa shape index (κ1) is 17.6. The maximum Gasteiger partial charge on any atom is 0.394 e. The van der Waals surface area contributed by atoms with Gasteiger partial charge in [-0.15, -0.1) is 11.8 Å².